The lowest BCUT2D eigenvalue weighted by Crippen LogP contribution is -2.23. The minimum Gasteiger partial charge on any atom is -0.396 e. The molecule has 1 fully saturated rings. The maximum absolute atomic E-state index is 9.20. The van der Waals surface area contributed by atoms with Gasteiger partial charge in [-0.3, -0.25) is 0 Å². The van der Waals surface area contributed by atoms with Crippen LogP contribution in [0.25, 0.3) is 0 Å². The zero-order valence-electron chi connectivity index (χ0n) is 11.8. The number of methoxy groups -OCH3 is 1. The number of rotatable bonds is 7. The van der Waals surface area contributed by atoms with Gasteiger partial charge in [0, 0.05) is 19.6 Å². The van der Waals surface area contributed by atoms with Crippen LogP contribution in [0.4, 0.5) is 0 Å². The molecule has 1 rings (SSSR count). The van der Waals surface area contributed by atoms with Gasteiger partial charge in [0.2, 0.25) is 0 Å². The molecule has 0 aliphatic heterocycles. The van der Waals surface area contributed by atoms with E-state index in [1.807, 2.05) is 0 Å². The highest BCUT2D eigenvalue weighted by molar-refractivity contribution is 4.88. The molecule has 0 aromatic carbocycles. The van der Waals surface area contributed by atoms with E-state index < -0.39 is 0 Å². The number of nitrogens with zero attached hydrogens (tertiary/aromatic N) is 1. The molecule has 1 aliphatic carbocycles. The van der Waals surface area contributed by atoms with Crippen LogP contribution in [-0.4, -0.2) is 24.9 Å². The summed E-state index contributed by atoms with van der Waals surface area (Å²) < 4.78 is 5.29. The monoisotopic (exact) mass is 253 g/mol. The number of aliphatic hydroxyl groups is 1. The standard InChI is InChI=1S/C15H27NO2/c1-12(18-2)3-6-15(9-10-17)14-7-4-13(11-16)5-8-14/h12-15,17H,3-10H2,1-2H3. The van der Waals surface area contributed by atoms with E-state index >= 15 is 0 Å². The molecule has 2 unspecified atom stereocenters. The predicted molar refractivity (Wildman–Crippen MR) is 72.0 cm³/mol. The van der Waals surface area contributed by atoms with Gasteiger partial charge in [0.05, 0.1) is 12.2 Å². The van der Waals surface area contributed by atoms with Crippen LogP contribution >= 0.6 is 0 Å². The Hall–Kier alpha value is -0.590. The summed E-state index contributed by atoms with van der Waals surface area (Å²) in [5.41, 5.74) is 0. The lowest BCUT2D eigenvalue weighted by atomic mass is 9.73. The van der Waals surface area contributed by atoms with Crippen molar-refractivity contribution in [1.29, 1.82) is 5.26 Å². The summed E-state index contributed by atoms with van der Waals surface area (Å²) in [6, 6.07) is 2.39. The van der Waals surface area contributed by atoms with Crippen LogP contribution in [0, 0.1) is 29.1 Å². The molecule has 1 saturated carbocycles. The van der Waals surface area contributed by atoms with E-state index in [2.05, 4.69) is 13.0 Å². The zero-order valence-corrected chi connectivity index (χ0v) is 11.8. The molecule has 2 atom stereocenters. The second-order valence-electron chi connectivity index (χ2n) is 5.64. The Bertz CT molecular complexity index is 254. The molecular formula is C15H27NO2. The minimum absolute atomic E-state index is 0.272. The van der Waals surface area contributed by atoms with Crippen molar-refractivity contribution < 1.29 is 9.84 Å². The van der Waals surface area contributed by atoms with E-state index in [0.29, 0.717) is 17.9 Å². The van der Waals surface area contributed by atoms with Gasteiger partial charge in [-0.05, 0) is 63.7 Å². The Morgan fingerprint density at radius 2 is 1.89 bits per heavy atom. The second-order valence-corrected chi connectivity index (χ2v) is 5.64. The van der Waals surface area contributed by atoms with Gasteiger partial charge < -0.3 is 9.84 Å². The minimum atomic E-state index is 0.272. The summed E-state index contributed by atoms with van der Waals surface area (Å²) >= 11 is 0. The molecule has 104 valence electrons. The van der Waals surface area contributed by atoms with E-state index in [1.165, 1.54) is 0 Å². The molecule has 3 nitrogen and oxygen atoms in total. The molecule has 0 bridgehead atoms. The van der Waals surface area contributed by atoms with Crippen LogP contribution < -0.4 is 0 Å². The lowest BCUT2D eigenvalue weighted by Gasteiger charge is -2.32. The number of hydrogen-bond acceptors (Lipinski definition) is 3. The first kappa shape index (κ1) is 15.5. The first-order valence-corrected chi connectivity index (χ1v) is 7.24. The van der Waals surface area contributed by atoms with Crippen molar-refractivity contribution >= 4 is 0 Å². The quantitative estimate of drug-likeness (QED) is 0.758. The Morgan fingerprint density at radius 1 is 1.22 bits per heavy atom. The van der Waals surface area contributed by atoms with E-state index in [-0.39, 0.29) is 12.5 Å². The smallest absolute Gasteiger partial charge is 0.0655 e. The lowest BCUT2D eigenvalue weighted by molar-refractivity contribution is 0.0910. The van der Waals surface area contributed by atoms with Crippen molar-refractivity contribution in [2.45, 2.75) is 58.0 Å². The molecule has 1 N–H and O–H groups in total. The highest BCUT2D eigenvalue weighted by Gasteiger charge is 2.27. The third kappa shape index (κ3) is 4.96. The Balaban J connectivity index is 2.39. The van der Waals surface area contributed by atoms with Crippen LogP contribution in [0.3, 0.4) is 0 Å². The summed E-state index contributed by atoms with van der Waals surface area (Å²) in [6.07, 6.45) is 7.82. The third-order valence-corrected chi connectivity index (χ3v) is 4.47. The van der Waals surface area contributed by atoms with Crippen molar-refractivity contribution in [2.75, 3.05) is 13.7 Å². The highest BCUT2D eigenvalue weighted by atomic mass is 16.5. The molecule has 0 radical (unpaired) electrons. The second kappa shape index (κ2) is 8.50. The summed E-state index contributed by atoms with van der Waals surface area (Å²) in [5.74, 6) is 1.58. The van der Waals surface area contributed by atoms with Crippen LogP contribution in [-0.2, 0) is 4.74 Å². The molecule has 0 aromatic rings. The molecule has 0 heterocycles. The van der Waals surface area contributed by atoms with E-state index in [0.717, 1.165) is 44.9 Å². The molecule has 0 amide bonds. The first-order chi connectivity index (χ1) is 8.71. The van der Waals surface area contributed by atoms with E-state index in [9.17, 15) is 5.11 Å². The summed E-state index contributed by atoms with van der Waals surface area (Å²) in [4.78, 5) is 0. The number of nitriles is 1. The number of ether oxygens (including phenoxy) is 1. The van der Waals surface area contributed by atoms with E-state index in [4.69, 9.17) is 10.00 Å². The van der Waals surface area contributed by atoms with Crippen LogP contribution in [0.1, 0.15) is 51.9 Å². The first-order valence-electron chi connectivity index (χ1n) is 7.24. The number of hydrogen-bond donors (Lipinski definition) is 1. The SMILES string of the molecule is COC(C)CCC(CCO)C1CCC(C#N)CC1. The van der Waals surface area contributed by atoms with Crippen molar-refractivity contribution in [3.8, 4) is 6.07 Å². The molecular weight excluding hydrogens is 226 g/mol. The highest BCUT2D eigenvalue weighted by Crippen LogP contribution is 2.36. The largest absolute Gasteiger partial charge is 0.396 e. The molecule has 0 spiro atoms. The van der Waals surface area contributed by atoms with Crippen molar-refractivity contribution in [2.24, 2.45) is 17.8 Å². The summed E-state index contributed by atoms with van der Waals surface area (Å²) in [6.45, 7) is 2.38. The Kier molecular flexibility index (Phi) is 7.31. The van der Waals surface area contributed by atoms with Crippen LogP contribution in [0.2, 0.25) is 0 Å². The van der Waals surface area contributed by atoms with Gasteiger partial charge in [-0.1, -0.05) is 0 Å². The number of aliphatic hydroxyl groups excluding tert-OH is 1. The molecule has 3 heteroatoms. The maximum atomic E-state index is 9.20. The van der Waals surface area contributed by atoms with E-state index in [1.54, 1.807) is 7.11 Å². The Morgan fingerprint density at radius 3 is 2.39 bits per heavy atom. The molecule has 18 heavy (non-hydrogen) atoms. The molecule has 0 saturated heterocycles. The molecule has 0 aromatic heterocycles. The van der Waals surface area contributed by atoms with Gasteiger partial charge in [0.1, 0.15) is 0 Å². The third-order valence-electron chi connectivity index (χ3n) is 4.47. The maximum Gasteiger partial charge on any atom is 0.0655 e. The van der Waals surface area contributed by atoms with Gasteiger partial charge in [0.15, 0.2) is 0 Å². The Labute approximate surface area is 111 Å². The van der Waals surface area contributed by atoms with Gasteiger partial charge in [-0.2, -0.15) is 5.26 Å². The zero-order chi connectivity index (χ0) is 13.4. The predicted octanol–water partition coefficient (Wildman–Crippen LogP) is 3.13. The fraction of sp³-hybridized carbons (Fsp3) is 0.933. The van der Waals surface area contributed by atoms with Crippen LogP contribution in [0.5, 0.6) is 0 Å². The fourth-order valence-corrected chi connectivity index (χ4v) is 3.07. The van der Waals surface area contributed by atoms with Crippen molar-refractivity contribution in [1.82, 2.24) is 0 Å². The van der Waals surface area contributed by atoms with Crippen molar-refractivity contribution in [3.63, 3.8) is 0 Å². The van der Waals surface area contributed by atoms with Gasteiger partial charge in [0.25, 0.3) is 0 Å². The normalized spacial score (nSPS) is 27.4. The van der Waals surface area contributed by atoms with Gasteiger partial charge >= 0.3 is 0 Å². The summed E-state index contributed by atoms with van der Waals surface area (Å²) in [5, 5.41) is 18.1. The average Bonchev–Trinajstić information content (AvgIpc) is 2.43. The summed E-state index contributed by atoms with van der Waals surface area (Å²) in [7, 11) is 1.75. The molecule has 1 aliphatic rings. The van der Waals surface area contributed by atoms with Crippen LogP contribution in [0.15, 0.2) is 0 Å². The van der Waals surface area contributed by atoms with Gasteiger partial charge in [-0.15, -0.1) is 0 Å². The average molecular weight is 253 g/mol. The van der Waals surface area contributed by atoms with Crippen molar-refractivity contribution in [3.05, 3.63) is 0 Å². The fourth-order valence-electron chi connectivity index (χ4n) is 3.07. The topological polar surface area (TPSA) is 53.2 Å². The van der Waals surface area contributed by atoms with Gasteiger partial charge in [-0.25, -0.2) is 0 Å².